The van der Waals surface area contributed by atoms with E-state index in [9.17, 15) is 4.79 Å². The highest BCUT2D eigenvalue weighted by Crippen LogP contribution is 2.24. The van der Waals surface area contributed by atoms with Gasteiger partial charge in [0.1, 0.15) is 6.04 Å². The van der Waals surface area contributed by atoms with E-state index in [1.54, 1.807) is 32.0 Å². The van der Waals surface area contributed by atoms with Gasteiger partial charge in [0.05, 0.1) is 17.3 Å². The number of halogens is 1. The first-order valence-corrected chi connectivity index (χ1v) is 5.40. The van der Waals surface area contributed by atoms with Crippen molar-refractivity contribution in [2.24, 2.45) is 0 Å². The molecule has 1 rings (SSSR count). The Kier molecular flexibility index (Phi) is 4.43. The molecular weight excluding hydrogens is 228 g/mol. The molecule has 3 N–H and O–H groups in total. The lowest BCUT2D eigenvalue weighted by molar-refractivity contribution is -0.143. The lowest BCUT2D eigenvalue weighted by atomic mass is 10.2. The summed E-state index contributed by atoms with van der Waals surface area (Å²) in [5.74, 6) is -0.310. The smallest absolute Gasteiger partial charge is 0.328 e. The molecule has 1 aromatic rings. The maximum Gasteiger partial charge on any atom is 0.328 e. The average Bonchev–Trinajstić information content (AvgIpc) is 2.22. The van der Waals surface area contributed by atoms with Crippen molar-refractivity contribution in [3.63, 3.8) is 0 Å². The average molecular weight is 243 g/mol. The molecule has 16 heavy (non-hydrogen) atoms. The Morgan fingerprint density at radius 3 is 2.88 bits per heavy atom. The molecule has 1 aromatic carbocycles. The van der Waals surface area contributed by atoms with Crippen molar-refractivity contribution in [1.82, 2.24) is 0 Å². The van der Waals surface area contributed by atoms with Gasteiger partial charge in [-0.15, -0.1) is 0 Å². The third kappa shape index (κ3) is 3.31. The second-order valence-electron chi connectivity index (χ2n) is 3.36. The molecule has 1 atom stereocenters. The Balaban J connectivity index is 2.69. The molecule has 0 saturated carbocycles. The molecule has 4 nitrogen and oxygen atoms in total. The minimum atomic E-state index is -0.443. The Hall–Kier alpha value is -1.42. The van der Waals surface area contributed by atoms with Crippen LogP contribution in [0.1, 0.15) is 13.8 Å². The van der Waals surface area contributed by atoms with E-state index in [4.69, 9.17) is 22.1 Å². The third-order valence-electron chi connectivity index (χ3n) is 2.01. The summed E-state index contributed by atoms with van der Waals surface area (Å²) in [6, 6.07) is 4.63. The number of hydrogen-bond donors (Lipinski definition) is 2. The summed E-state index contributed by atoms with van der Waals surface area (Å²) in [7, 11) is 0. The molecule has 0 aliphatic heterocycles. The fourth-order valence-corrected chi connectivity index (χ4v) is 1.45. The number of carbonyl (C=O) groups excluding carboxylic acids is 1. The number of nitrogen functional groups attached to an aromatic ring is 1. The van der Waals surface area contributed by atoms with Crippen molar-refractivity contribution < 1.29 is 9.53 Å². The van der Waals surface area contributed by atoms with Crippen LogP contribution in [0.5, 0.6) is 0 Å². The van der Waals surface area contributed by atoms with Crippen molar-refractivity contribution in [3.05, 3.63) is 23.2 Å². The van der Waals surface area contributed by atoms with Gasteiger partial charge in [0.2, 0.25) is 0 Å². The lowest BCUT2D eigenvalue weighted by Crippen LogP contribution is -2.28. The van der Waals surface area contributed by atoms with Crippen LogP contribution in [0.3, 0.4) is 0 Å². The second kappa shape index (κ2) is 5.61. The number of nitrogens with two attached hydrogens (primary N) is 1. The molecular formula is C11H15ClN2O2. The van der Waals surface area contributed by atoms with Crippen LogP contribution in [-0.4, -0.2) is 18.6 Å². The summed E-state index contributed by atoms with van der Waals surface area (Å²) >= 11 is 5.96. The van der Waals surface area contributed by atoms with E-state index in [-0.39, 0.29) is 5.97 Å². The Morgan fingerprint density at radius 2 is 2.31 bits per heavy atom. The van der Waals surface area contributed by atoms with Gasteiger partial charge in [-0.1, -0.05) is 11.6 Å². The van der Waals surface area contributed by atoms with Crippen LogP contribution >= 0.6 is 11.6 Å². The van der Waals surface area contributed by atoms with Crippen molar-refractivity contribution in [1.29, 1.82) is 0 Å². The van der Waals surface area contributed by atoms with Gasteiger partial charge in [-0.25, -0.2) is 4.79 Å². The Labute approximate surface area is 99.7 Å². The van der Waals surface area contributed by atoms with Gasteiger partial charge >= 0.3 is 5.97 Å². The molecule has 0 aliphatic rings. The summed E-state index contributed by atoms with van der Waals surface area (Å²) in [4.78, 5) is 11.4. The lowest BCUT2D eigenvalue weighted by Gasteiger charge is -2.15. The summed E-state index contributed by atoms with van der Waals surface area (Å²) in [5.41, 5.74) is 6.81. The number of nitrogens with one attached hydrogen (secondary N) is 1. The highest BCUT2D eigenvalue weighted by molar-refractivity contribution is 6.33. The SMILES string of the molecule is CCOC(=O)C(C)Nc1ccc(N)cc1Cl. The predicted octanol–water partition coefficient (Wildman–Crippen LogP) is 2.29. The van der Waals surface area contributed by atoms with Crippen LogP contribution in [0.2, 0.25) is 5.02 Å². The zero-order valence-corrected chi connectivity index (χ0v) is 10.0. The first-order valence-electron chi connectivity index (χ1n) is 5.02. The van der Waals surface area contributed by atoms with E-state index in [1.165, 1.54) is 0 Å². The molecule has 88 valence electrons. The number of carbonyl (C=O) groups is 1. The number of benzene rings is 1. The number of anilines is 2. The van der Waals surface area contributed by atoms with Gasteiger partial charge < -0.3 is 15.8 Å². The van der Waals surface area contributed by atoms with Crippen LogP contribution < -0.4 is 11.1 Å². The van der Waals surface area contributed by atoms with Crippen molar-refractivity contribution in [3.8, 4) is 0 Å². The molecule has 0 aromatic heterocycles. The predicted molar refractivity (Wildman–Crippen MR) is 65.6 cm³/mol. The van der Waals surface area contributed by atoms with E-state index in [1.807, 2.05) is 0 Å². The number of ether oxygens (including phenoxy) is 1. The molecule has 1 unspecified atom stereocenters. The van der Waals surface area contributed by atoms with Gasteiger partial charge in [-0.2, -0.15) is 0 Å². The molecule has 0 saturated heterocycles. The van der Waals surface area contributed by atoms with E-state index in [0.717, 1.165) is 0 Å². The number of esters is 1. The monoisotopic (exact) mass is 242 g/mol. The molecule has 0 aliphatic carbocycles. The van der Waals surface area contributed by atoms with Crippen LogP contribution in [0.15, 0.2) is 18.2 Å². The zero-order valence-electron chi connectivity index (χ0n) is 9.29. The largest absolute Gasteiger partial charge is 0.464 e. The van der Waals surface area contributed by atoms with Gasteiger partial charge in [-0.3, -0.25) is 0 Å². The minimum Gasteiger partial charge on any atom is -0.464 e. The van der Waals surface area contributed by atoms with Gasteiger partial charge in [0.25, 0.3) is 0 Å². The maximum absolute atomic E-state index is 11.4. The van der Waals surface area contributed by atoms with Gasteiger partial charge in [0, 0.05) is 5.69 Å². The van der Waals surface area contributed by atoms with Crippen molar-refractivity contribution in [2.45, 2.75) is 19.9 Å². The number of hydrogen-bond acceptors (Lipinski definition) is 4. The van der Waals surface area contributed by atoms with Crippen molar-refractivity contribution >= 4 is 28.9 Å². The Morgan fingerprint density at radius 1 is 1.62 bits per heavy atom. The normalized spacial score (nSPS) is 11.9. The van der Waals surface area contributed by atoms with E-state index in [0.29, 0.717) is 23.0 Å². The molecule has 0 amide bonds. The van der Waals surface area contributed by atoms with Gasteiger partial charge in [0.15, 0.2) is 0 Å². The molecule has 0 bridgehead atoms. The van der Waals surface area contributed by atoms with Gasteiger partial charge in [-0.05, 0) is 32.0 Å². The van der Waals surface area contributed by atoms with E-state index in [2.05, 4.69) is 5.32 Å². The first-order chi connectivity index (χ1) is 7.54. The molecule has 0 radical (unpaired) electrons. The summed E-state index contributed by atoms with van der Waals surface area (Å²) in [6.07, 6.45) is 0. The molecule has 0 heterocycles. The van der Waals surface area contributed by atoms with Crippen LogP contribution in [0, 0.1) is 0 Å². The quantitative estimate of drug-likeness (QED) is 0.628. The fourth-order valence-electron chi connectivity index (χ4n) is 1.21. The second-order valence-corrected chi connectivity index (χ2v) is 3.76. The topological polar surface area (TPSA) is 64.3 Å². The first kappa shape index (κ1) is 12.6. The molecule has 5 heteroatoms. The third-order valence-corrected chi connectivity index (χ3v) is 2.32. The highest BCUT2D eigenvalue weighted by Gasteiger charge is 2.14. The van der Waals surface area contributed by atoms with Crippen LogP contribution in [0.4, 0.5) is 11.4 Å². The zero-order chi connectivity index (χ0) is 12.1. The highest BCUT2D eigenvalue weighted by atomic mass is 35.5. The van der Waals surface area contributed by atoms with E-state index < -0.39 is 6.04 Å². The summed E-state index contributed by atoms with van der Waals surface area (Å²) in [6.45, 7) is 3.84. The molecule has 0 fully saturated rings. The maximum atomic E-state index is 11.4. The van der Waals surface area contributed by atoms with Crippen LogP contribution in [-0.2, 0) is 9.53 Å². The standard InChI is InChI=1S/C11H15ClN2O2/c1-3-16-11(15)7(2)14-10-5-4-8(13)6-9(10)12/h4-7,14H,3,13H2,1-2H3. The van der Waals surface area contributed by atoms with Crippen LogP contribution in [0.25, 0.3) is 0 Å². The summed E-state index contributed by atoms with van der Waals surface area (Å²) < 4.78 is 4.87. The fraction of sp³-hybridized carbons (Fsp3) is 0.364. The van der Waals surface area contributed by atoms with E-state index >= 15 is 0 Å². The summed E-state index contributed by atoms with van der Waals surface area (Å²) in [5, 5.41) is 3.44. The Bertz CT molecular complexity index is 382. The minimum absolute atomic E-state index is 0.310. The molecule has 0 spiro atoms. The number of rotatable bonds is 4. The van der Waals surface area contributed by atoms with Crippen molar-refractivity contribution in [2.75, 3.05) is 17.7 Å².